The molecule has 1 aliphatic heterocycles. The number of aliphatic hydroxyl groups excluding tert-OH is 5. The summed E-state index contributed by atoms with van der Waals surface area (Å²) in [7, 11) is 0. The van der Waals surface area contributed by atoms with Crippen LogP contribution in [-0.4, -0.2) is 87.5 Å². The van der Waals surface area contributed by atoms with Crippen molar-refractivity contribution in [3.05, 3.63) is 0 Å². The largest absolute Gasteiger partial charge is 0.394 e. The maximum atomic E-state index is 13.1. The van der Waals surface area contributed by atoms with E-state index in [9.17, 15) is 30.3 Å². The predicted molar refractivity (Wildman–Crippen MR) is 328 cm³/mol. The Balaban J connectivity index is 2.08. The first kappa shape index (κ1) is 74.2. The molecule has 1 aliphatic rings. The van der Waals surface area contributed by atoms with Gasteiger partial charge in [0, 0.05) is 6.42 Å². The fraction of sp³-hybridized carbons (Fsp3) is 0.985. The van der Waals surface area contributed by atoms with E-state index in [0.29, 0.717) is 12.8 Å². The van der Waals surface area contributed by atoms with Crippen molar-refractivity contribution in [3.63, 3.8) is 0 Å². The maximum absolute atomic E-state index is 13.1. The quantitative estimate of drug-likeness (QED) is 0.0330. The Kier molecular flexibility index (Phi) is 56.3. The van der Waals surface area contributed by atoms with E-state index in [4.69, 9.17) is 9.47 Å². The van der Waals surface area contributed by atoms with Crippen LogP contribution in [0, 0.1) is 0 Å². The summed E-state index contributed by atoms with van der Waals surface area (Å²) in [6.45, 7) is 3.91. The molecule has 0 spiro atoms. The molecule has 9 heteroatoms. The second-order valence-electron chi connectivity index (χ2n) is 24.7. The molecule has 0 aromatic carbocycles. The molecule has 460 valence electrons. The van der Waals surface area contributed by atoms with Gasteiger partial charge in [0.15, 0.2) is 6.29 Å². The third-order valence-electron chi connectivity index (χ3n) is 17.2. The van der Waals surface area contributed by atoms with E-state index in [1.807, 2.05) is 0 Å². The second-order valence-corrected chi connectivity index (χ2v) is 24.7. The van der Waals surface area contributed by atoms with Gasteiger partial charge in [0.2, 0.25) is 5.91 Å². The highest BCUT2D eigenvalue weighted by Crippen LogP contribution is 2.24. The zero-order valence-electron chi connectivity index (χ0n) is 51.5. The maximum Gasteiger partial charge on any atom is 0.220 e. The number of hydrogen-bond acceptors (Lipinski definition) is 8. The highest BCUT2D eigenvalue weighted by Gasteiger charge is 2.44. The second kappa shape index (κ2) is 58.4. The number of hydrogen-bond donors (Lipinski definition) is 6. The number of rotatable bonds is 62. The minimum Gasteiger partial charge on any atom is -0.394 e. The Morgan fingerprint density at radius 1 is 0.390 bits per heavy atom. The highest BCUT2D eigenvalue weighted by atomic mass is 16.7. The first-order valence-electron chi connectivity index (χ1n) is 34.7. The average Bonchev–Trinajstić information content (AvgIpc) is 3.43. The van der Waals surface area contributed by atoms with Crippen LogP contribution in [0.15, 0.2) is 0 Å². The number of aliphatic hydroxyl groups is 5. The van der Waals surface area contributed by atoms with Crippen molar-refractivity contribution in [1.29, 1.82) is 0 Å². The molecule has 0 aromatic heterocycles. The lowest BCUT2D eigenvalue weighted by molar-refractivity contribution is -0.302. The molecule has 7 atom stereocenters. The van der Waals surface area contributed by atoms with Crippen LogP contribution in [0.3, 0.4) is 0 Å². The molecule has 77 heavy (non-hydrogen) atoms. The molecule has 1 amide bonds. The number of carbonyl (C=O) groups is 1. The third-order valence-corrected chi connectivity index (χ3v) is 17.2. The lowest BCUT2D eigenvalue weighted by Crippen LogP contribution is -2.60. The van der Waals surface area contributed by atoms with Gasteiger partial charge < -0.3 is 40.3 Å². The molecule has 6 N–H and O–H groups in total. The summed E-state index contributed by atoms with van der Waals surface area (Å²) in [6, 6.07) is -0.715. The smallest absolute Gasteiger partial charge is 0.220 e. The van der Waals surface area contributed by atoms with Gasteiger partial charge in [-0.15, -0.1) is 0 Å². The lowest BCUT2D eigenvalue weighted by Gasteiger charge is -2.40. The average molecular weight is 1090 g/mol. The van der Waals surface area contributed by atoms with Gasteiger partial charge in [-0.05, 0) is 12.8 Å². The van der Waals surface area contributed by atoms with Gasteiger partial charge >= 0.3 is 0 Å². The predicted octanol–water partition coefficient (Wildman–Crippen LogP) is 18.5. The van der Waals surface area contributed by atoms with Crippen LogP contribution >= 0.6 is 0 Å². The minimum atomic E-state index is -1.55. The molecule has 0 bridgehead atoms. The molecule has 0 aliphatic carbocycles. The van der Waals surface area contributed by atoms with Crippen LogP contribution in [0.2, 0.25) is 0 Å². The molecule has 0 aromatic rings. The Bertz CT molecular complexity index is 1180. The summed E-state index contributed by atoms with van der Waals surface area (Å²) >= 11 is 0. The summed E-state index contributed by atoms with van der Waals surface area (Å²) in [5, 5.41) is 54.9. The molecular weight excluding hydrogens is 959 g/mol. The van der Waals surface area contributed by atoms with E-state index in [1.165, 1.54) is 308 Å². The van der Waals surface area contributed by atoms with Crippen molar-refractivity contribution >= 4 is 5.91 Å². The Labute approximate surface area is 478 Å². The molecule has 1 rings (SSSR count). The summed E-state index contributed by atoms with van der Waals surface area (Å²) in [5.74, 6) is -0.133. The van der Waals surface area contributed by atoms with Crippen molar-refractivity contribution in [3.8, 4) is 0 Å². The topological polar surface area (TPSA) is 149 Å². The fourth-order valence-electron chi connectivity index (χ4n) is 11.8. The van der Waals surface area contributed by atoms with Gasteiger partial charge in [0.05, 0.1) is 25.4 Å². The van der Waals surface area contributed by atoms with Crippen LogP contribution < -0.4 is 5.32 Å². The van der Waals surface area contributed by atoms with Crippen LogP contribution in [-0.2, 0) is 14.3 Å². The van der Waals surface area contributed by atoms with Crippen molar-refractivity contribution in [1.82, 2.24) is 5.32 Å². The first-order chi connectivity index (χ1) is 37.8. The van der Waals surface area contributed by atoms with Crippen LogP contribution in [0.5, 0.6) is 0 Å². The van der Waals surface area contributed by atoms with Crippen molar-refractivity contribution in [2.45, 2.75) is 416 Å². The highest BCUT2D eigenvalue weighted by molar-refractivity contribution is 5.76. The molecule has 7 unspecified atom stereocenters. The van der Waals surface area contributed by atoms with Gasteiger partial charge in [-0.25, -0.2) is 0 Å². The summed E-state index contributed by atoms with van der Waals surface area (Å²) < 4.78 is 11.4. The van der Waals surface area contributed by atoms with E-state index in [2.05, 4.69) is 19.2 Å². The van der Waals surface area contributed by atoms with E-state index in [-0.39, 0.29) is 12.5 Å². The van der Waals surface area contributed by atoms with Crippen LogP contribution in [0.4, 0.5) is 0 Å². The van der Waals surface area contributed by atoms with Crippen LogP contribution in [0.25, 0.3) is 0 Å². The standard InChI is InChI=1S/C68H135NO8/c1-3-5-7-9-11-13-15-17-19-21-23-25-27-28-29-30-31-32-33-34-35-36-38-40-42-44-46-48-50-52-54-56-58-64(72)69-61(60-76-68-67(75)66(74)65(73)63(59-70)77-68)62(71)57-55-53-51-49-47-45-43-41-39-37-26-24-22-20-18-16-14-12-10-8-6-4-2/h61-63,65-68,70-71,73-75H,3-60H2,1-2H3,(H,69,72). The molecule has 0 radical (unpaired) electrons. The van der Waals surface area contributed by atoms with Gasteiger partial charge in [0.25, 0.3) is 0 Å². The molecule has 1 fully saturated rings. The number of unbranched alkanes of at least 4 members (excludes halogenated alkanes) is 52. The van der Waals surface area contributed by atoms with E-state index in [1.54, 1.807) is 0 Å². The zero-order chi connectivity index (χ0) is 55.8. The van der Waals surface area contributed by atoms with Crippen molar-refractivity contribution in [2.75, 3.05) is 13.2 Å². The third kappa shape index (κ3) is 47.4. The van der Waals surface area contributed by atoms with Gasteiger partial charge in [-0.2, -0.15) is 0 Å². The molecule has 1 saturated heterocycles. The lowest BCUT2D eigenvalue weighted by atomic mass is 9.99. The summed E-state index contributed by atoms with van der Waals surface area (Å²) in [4.78, 5) is 13.1. The molecular formula is C68H135NO8. The summed E-state index contributed by atoms with van der Waals surface area (Å²) in [5.41, 5.74) is 0. The minimum absolute atomic E-state index is 0.130. The normalized spacial score (nSPS) is 18.6. The van der Waals surface area contributed by atoms with Crippen LogP contribution in [0.1, 0.15) is 373 Å². The Hall–Kier alpha value is -0.810. The van der Waals surface area contributed by atoms with Gasteiger partial charge in [-0.1, -0.05) is 354 Å². The number of carbonyl (C=O) groups excluding carboxylic acids is 1. The number of ether oxygens (including phenoxy) is 2. The summed E-state index contributed by atoms with van der Waals surface area (Å²) in [6.07, 6.45) is 66.0. The Morgan fingerprint density at radius 2 is 0.649 bits per heavy atom. The molecule has 1 heterocycles. The van der Waals surface area contributed by atoms with Crippen molar-refractivity contribution < 1.29 is 39.8 Å². The van der Waals surface area contributed by atoms with E-state index < -0.39 is 49.5 Å². The van der Waals surface area contributed by atoms with Gasteiger partial charge in [0.1, 0.15) is 24.4 Å². The zero-order valence-corrected chi connectivity index (χ0v) is 51.5. The number of amides is 1. The monoisotopic (exact) mass is 1090 g/mol. The SMILES string of the molecule is CCCCCCCCCCCCCCCCCCCCCCCCCCCCCCCCCCC(=O)NC(COC1OC(CO)C(O)C(O)C1O)C(O)CCCCCCCCCCCCCCCCCCCCCCCC. The Morgan fingerprint density at radius 3 is 0.922 bits per heavy atom. The van der Waals surface area contributed by atoms with Gasteiger partial charge in [-0.3, -0.25) is 4.79 Å². The first-order valence-corrected chi connectivity index (χ1v) is 34.7. The fourth-order valence-corrected chi connectivity index (χ4v) is 11.8. The number of nitrogens with one attached hydrogen (secondary N) is 1. The van der Waals surface area contributed by atoms with Crippen molar-refractivity contribution in [2.24, 2.45) is 0 Å². The molecule has 9 nitrogen and oxygen atoms in total. The molecule has 0 saturated carbocycles. The van der Waals surface area contributed by atoms with E-state index in [0.717, 1.165) is 38.5 Å². The van der Waals surface area contributed by atoms with E-state index >= 15 is 0 Å².